The van der Waals surface area contributed by atoms with Crippen LogP contribution in [0.1, 0.15) is 31.9 Å². The molecule has 0 amide bonds. The number of benzene rings is 1. The summed E-state index contributed by atoms with van der Waals surface area (Å²) in [6.07, 6.45) is 1.10. The maximum absolute atomic E-state index is 5.91. The highest BCUT2D eigenvalue weighted by Crippen LogP contribution is 2.17. The fraction of sp³-hybridized carbons (Fsp3) is 0.562. The highest BCUT2D eigenvalue weighted by atomic mass is 127. The minimum Gasteiger partial charge on any atom is -0.370 e. The van der Waals surface area contributed by atoms with Gasteiger partial charge in [0.25, 0.3) is 0 Å². The molecule has 0 aliphatic rings. The molecule has 1 rings (SSSR count). The van der Waals surface area contributed by atoms with E-state index in [9.17, 15) is 0 Å². The second-order valence-electron chi connectivity index (χ2n) is 5.73. The molecular weight excluding hydrogens is 375 g/mol. The van der Waals surface area contributed by atoms with Gasteiger partial charge in [-0.25, -0.2) is 0 Å². The molecule has 0 spiro atoms. The zero-order chi connectivity index (χ0) is 15.0. The molecule has 0 heterocycles. The Labute approximate surface area is 146 Å². The maximum atomic E-state index is 5.91. The van der Waals surface area contributed by atoms with E-state index in [1.54, 1.807) is 0 Å². The summed E-state index contributed by atoms with van der Waals surface area (Å²) >= 11 is 0. The van der Waals surface area contributed by atoms with Gasteiger partial charge in [0.1, 0.15) is 0 Å². The summed E-state index contributed by atoms with van der Waals surface area (Å²) in [6.45, 7) is 5.95. The molecular formula is C16H29IN4. The van der Waals surface area contributed by atoms with E-state index >= 15 is 0 Å². The largest absolute Gasteiger partial charge is 0.370 e. The predicted molar refractivity (Wildman–Crippen MR) is 102 cm³/mol. The molecule has 1 aromatic rings. The molecule has 120 valence electrons. The van der Waals surface area contributed by atoms with Crippen LogP contribution in [0.2, 0.25) is 0 Å². The molecule has 0 saturated carbocycles. The first kappa shape index (κ1) is 20.2. The van der Waals surface area contributed by atoms with E-state index in [1.807, 2.05) is 6.07 Å². The number of nitrogens with two attached hydrogens (primary N) is 1. The van der Waals surface area contributed by atoms with Crippen LogP contribution in [-0.2, 0) is 0 Å². The van der Waals surface area contributed by atoms with Crippen LogP contribution in [0.15, 0.2) is 35.3 Å². The average Bonchev–Trinajstić information content (AvgIpc) is 2.39. The Morgan fingerprint density at radius 3 is 2.38 bits per heavy atom. The minimum atomic E-state index is 0. The Morgan fingerprint density at radius 2 is 1.86 bits per heavy atom. The lowest BCUT2D eigenvalue weighted by Gasteiger charge is -2.23. The van der Waals surface area contributed by atoms with Crippen LogP contribution < -0.4 is 11.1 Å². The van der Waals surface area contributed by atoms with Crippen LogP contribution in [-0.4, -0.2) is 38.0 Å². The molecule has 0 saturated heterocycles. The van der Waals surface area contributed by atoms with Crippen molar-refractivity contribution in [3.8, 4) is 0 Å². The molecule has 0 fully saturated rings. The molecule has 0 aliphatic heterocycles. The monoisotopic (exact) mass is 404 g/mol. The molecule has 21 heavy (non-hydrogen) atoms. The first-order valence-corrected chi connectivity index (χ1v) is 7.26. The Kier molecular flexibility index (Phi) is 10.4. The van der Waals surface area contributed by atoms with Gasteiger partial charge in [-0.05, 0) is 32.0 Å². The molecule has 0 radical (unpaired) electrons. The van der Waals surface area contributed by atoms with E-state index in [0.717, 1.165) is 13.0 Å². The lowest BCUT2D eigenvalue weighted by atomic mass is 10.1. The van der Waals surface area contributed by atoms with Crippen molar-refractivity contribution in [1.82, 2.24) is 10.2 Å². The van der Waals surface area contributed by atoms with Crippen LogP contribution in [0, 0.1) is 5.92 Å². The highest BCUT2D eigenvalue weighted by molar-refractivity contribution is 14.0. The quantitative estimate of drug-likeness (QED) is 0.418. The van der Waals surface area contributed by atoms with Crippen molar-refractivity contribution in [3.05, 3.63) is 35.9 Å². The zero-order valence-corrected chi connectivity index (χ0v) is 15.9. The maximum Gasteiger partial charge on any atom is 0.188 e. The van der Waals surface area contributed by atoms with Gasteiger partial charge < -0.3 is 16.0 Å². The van der Waals surface area contributed by atoms with Gasteiger partial charge in [0.2, 0.25) is 0 Å². The topological polar surface area (TPSA) is 53.6 Å². The number of rotatable bonds is 7. The normalized spacial score (nSPS) is 13.1. The Hall–Kier alpha value is -0.820. The fourth-order valence-electron chi connectivity index (χ4n) is 1.97. The summed E-state index contributed by atoms with van der Waals surface area (Å²) < 4.78 is 0. The van der Waals surface area contributed by atoms with E-state index in [-0.39, 0.29) is 30.0 Å². The van der Waals surface area contributed by atoms with E-state index < -0.39 is 0 Å². The molecule has 5 heteroatoms. The van der Waals surface area contributed by atoms with Crippen molar-refractivity contribution in [2.75, 3.05) is 27.2 Å². The minimum absolute atomic E-state index is 0. The van der Waals surface area contributed by atoms with Crippen molar-refractivity contribution in [2.45, 2.75) is 26.3 Å². The van der Waals surface area contributed by atoms with Crippen LogP contribution in [0.5, 0.6) is 0 Å². The Morgan fingerprint density at radius 1 is 1.24 bits per heavy atom. The number of hydrogen-bond donors (Lipinski definition) is 2. The second-order valence-corrected chi connectivity index (χ2v) is 5.73. The summed E-state index contributed by atoms with van der Waals surface area (Å²) in [5, 5.41) is 3.17. The first-order valence-electron chi connectivity index (χ1n) is 7.26. The number of guanidine groups is 1. The molecule has 1 aromatic carbocycles. The van der Waals surface area contributed by atoms with Gasteiger partial charge >= 0.3 is 0 Å². The third kappa shape index (κ3) is 8.26. The zero-order valence-electron chi connectivity index (χ0n) is 13.5. The first-order chi connectivity index (χ1) is 9.50. The summed E-state index contributed by atoms with van der Waals surface area (Å²) in [6, 6.07) is 10.6. The van der Waals surface area contributed by atoms with Gasteiger partial charge in [0.05, 0.1) is 12.6 Å². The molecule has 4 nitrogen and oxygen atoms in total. The van der Waals surface area contributed by atoms with Gasteiger partial charge in [-0.3, -0.25) is 4.99 Å². The fourth-order valence-corrected chi connectivity index (χ4v) is 1.97. The van der Waals surface area contributed by atoms with E-state index in [2.05, 4.69) is 67.4 Å². The van der Waals surface area contributed by atoms with Gasteiger partial charge in [-0.1, -0.05) is 44.2 Å². The standard InChI is InChI=1S/C16H28N4.HI/c1-13(2)10-11-18-16(17)19-12-15(20(3)4)14-8-6-5-7-9-14;/h5-9,13,15H,10-12H2,1-4H3,(H3,17,18,19);1H. The van der Waals surface area contributed by atoms with Crippen molar-refractivity contribution >= 4 is 29.9 Å². The van der Waals surface area contributed by atoms with Gasteiger partial charge in [0.15, 0.2) is 5.96 Å². The van der Waals surface area contributed by atoms with Crippen LogP contribution in [0.3, 0.4) is 0 Å². The Balaban J connectivity index is 0.00000400. The average molecular weight is 404 g/mol. The van der Waals surface area contributed by atoms with Crippen LogP contribution in [0.4, 0.5) is 0 Å². The molecule has 3 N–H and O–H groups in total. The third-order valence-electron chi connectivity index (χ3n) is 3.27. The number of hydrogen-bond acceptors (Lipinski definition) is 2. The van der Waals surface area contributed by atoms with Gasteiger partial charge in [-0.15, -0.1) is 24.0 Å². The van der Waals surface area contributed by atoms with E-state index in [1.165, 1.54) is 5.56 Å². The van der Waals surface area contributed by atoms with Crippen molar-refractivity contribution in [3.63, 3.8) is 0 Å². The number of nitrogens with one attached hydrogen (secondary N) is 1. The van der Waals surface area contributed by atoms with E-state index in [0.29, 0.717) is 18.4 Å². The van der Waals surface area contributed by atoms with Gasteiger partial charge in [0, 0.05) is 6.54 Å². The van der Waals surface area contributed by atoms with Crippen LogP contribution in [0.25, 0.3) is 0 Å². The third-order valence-corrected chi connectivity index (χ3v) is 3.27. The number of aliphatic imine (C=N–C) groups is 1. The van der Waals surface area contributed by atoms with Crippen molar-refractivity contribution < 1.29 is 0 Å². The second kappa shape index (κ2) is 10.8. The number of likely N-dealkylation sites (N-methyl/N-ethyl adjacent to an activating group) is 1. The summed E-state index contributed by atoms with van der Waals surface area (Å²) in [5.41, 5.74) is 7.17. The van der Waals surface area contributed by atoms with Crippen LogP contribution >= 0.6 is 24.0 Å². The lowest BCUT2D eigenvalue weighted by molar-refractivity contribution is 0.306. The van der Waals surface area contributed by atoms with Gasteiger partial charge in [-0.2, -0.15) is 0 Å². The molecule has 0 bridgehead atoms. The van der Waals surface area contributed by atoms with E-state index in [4.69, 9.17) is 5.73 Å². The predicted octanol–water partition coefficient (Wildman–Crippen LogP) is 2.86. The molecule has 0 aromatic heterocycles. The number of halogens is 1. The number of nitrogens with zero attached hydrogens (tertiary/aromatic N) is 2. The summed E-state index contributed by atoms with van der Waals surface area (Å²) in [4.78, 5) is 6.63. The lowest BCUT2D eigenvalue weighted by Crippen LogP contribution is -2.34. The molecule has 1 unspecified atom stereocenters. The van der Waals surface area contributed by atoms with Crippen molar-refractivity contribution in [1.29, 1.82) is 0 Å². The van der Waals surface area contributed by atoms with Crippen molar-refractivity contribution in [2.24, 2.45) is 16.6 Å². The SMILES string of the molecule is CC(C)CCNC(N)=NCC(c1ccccc1)N(C)C.I. The summed E-state index contributed by atoms with van der Waals surface area (Å²) in [5.74, 6) is 1.21. The highest BCUT2D eigenvalue weighted by Gasteiger charge is 2.12. The smallest absolute Gasteiger partial charge is 0.188 e. The Bertz CT molecular complexity index is 404. The summed E-state index contributed by atoms with van der Waals surface area (Å²) in [7, 11) is 4.13. The molecule has 1 atom stereocenters. The molecule has 0 aliphatic carbocycles.